The molecule has 0 aliphatic carbocycles. The number of benzene rings is 2. The van der Waals surface area contributed by atoms with Crippen LogP contribution in [0.5, 0.6) is 5.75 Å². The number of hydrazone groups is 1. The molecule has 0 fully saturated rings. The zero-order chi connectivity index (χ0) is 20.9. The topological polar surface area (TPSA) is 76.5 Å². The van der Waals surface area contributed by atoms with Gasteiger partial charge in [0.1, 0.15) is 11.4 Å². The molecule has 1 amide bonds. The lowest BCUT2D eigenvalue weighted by Gasteiger charge is -2.06. The highest BCUT2D eigenvalue weighted by molar-refractivity contribution is 5.93. The zero-order valence-electron chi connectivity index (χ0n) is 15.1. The van der Waals surface area contributed by atoms with Gasteiger partial charge in [0.2, 0.25) is 0 Å². The number of hydrogen-bond donors (Lipinski definition) is 1. The summed E-state index contributed by atoms with van der Waals surface area (Å²) in [6.07, 6.45) is -0.564. The fourth-order valence-corrected chi connectivity index (χ4v) is 2.39. The second-order valence-corrected chi connectivity index (χ2v) is 5.84. The van der Waals surface area contributed by atoms with Crippen LogP contribution in [0, 0.1) is 0 Å². The summed E-state index contributed by atoms with van der Waals surface area (Å²) in [6, 6.07) is 11.6. The Morgan fingerprint density at radius 2 is 1.90 bits per heavy atom. The molecule has 2 aromatic carbocycles. The summed E-state index contributed by atoms with van der Waals surface area (Å²) in [5.74, 6) is 0.0376. The van der Waals surface area contributed by atoms with Crippen molar-refractivity contribution >= 4 is 12.1 Å². The Hall–Kier alpha value is -3.75. The number of carbonyl (C=O) groups excluding carboxylic acids is 1. The normalized spacial score (nSPS) is 11.4. The van der Waals surface area contributed by atoms with Crippen LogP contribution in [0.2, 0.25) is 0 Å². The molecule has 0 aliphatic rings. The van der Waals surface area contributed by atoms with Gasteiger partial charge in [0.25, 0.3) is 5.91 Å². The molecule has 0 spiro atoms. The molecular weight excluding hydrogens is 385 g/mol. The number of aromatic nitrogens is 2. The van der Waals surface area contributed by atoms with Gasteiger partial charge in [-0.25, -0.2) is 10.4 Å². The van der Waals surface area contributed by atoms with Crippen LogP contribution in [-0.2, 0) is 6.18 Å². The van der Waals surface area contributed by atoms with Crippen molar-refractivity contribution in [2.75, 3.05) is 7.11 Å². The monoisotopic (exact) mass is 400 g/mol. The van der Waals surface area contributed by atoms with E-state index < -0.39 is 17.6 Å². The van der Waals surface area contributed by atoms with Crippen molar-refractivity contribution in [3.63, 3.8) is 0 Å². The fourth-order valence-electron chi connectivity index (χ4n) is 2.39. The highest BCUT2D eigenvalue weighted by atomic mass is 19.4. The molecule has 6 nitrogen and oxygen atoms in total. The highest BCUT2D eigenvalue weighted by Gasteiger charge is 2.30. The van der Waals surface area contributed by atoms with E-state index in [0.717, 1.165) is 23.9 Å². The molecule has 0 saturated heterocycles. The SMILES string of the molecule is COc1ccc(-c2cncc(C(=O)NN=Cc3cccc(C(F)(F)F)c3)n2)cc1. The van der Waals surface area contributed by atoms with E-state index in [1.165, 1.54) is 24.5 Å². The molecule has 1 N–H and O–H groups in total. The summed E-state index contributed by atoms with van der Waals surface area (Å²) in [5, 5.41) is 3.69. The summed E-state index contributed by atoms with van der Waals surface area (Å²) in [7, 11) is 1.56. The predicted molar refractivity (Wildman–Crippen MR) is 101 cm³/mol. The highest BCUT2D eigenvalue weighted by Crippen LogP contribution is 2.29. The average Bonchev–Trinajstić information content (AvgIpc) is 2.73. The van der Waals surface area contributed by atoms with Crippen molar-refractivity contribution in [3.05, 3.63) is 77.7 Å². The van der Waals surface area contributed by atoms with Gasteiger partial charge >= 0.3 is 6.18 Å². The van der Waals surface area contributed by atoms with E-state index in [2.05, 4.69) is 20.5 Å². The van der Waals surface area contributed by atoms with E-state index in [-0.39, 0.29) is 11.3 Å². The van der Waals surface area contributed by atoms with Gasteiger partial charge in [0, 0.05) is 5.56 Å². The number of hydrogen-bond acceptors (Lipinski definition) is 5. The molecule has 1 heterocycles. The number of methoxy groups -OCH3 is 1. The number of ether oxygens (including phenoxy) is 1. The van der Waals surface area contributed by atoms with Crippen LogP contribution in [0.15, 0.2) is 66.0 Å². The summed E-state index contributed by atoms with van der Waals surface area (Å²) >= 11 is 0. The number of nitrogens with zero attached hydrogens (tertiary/aromatic N) is 3. The van der Waals surface area contributed by atoms with E-state index in [9.17, 15) is 18.0 Å². The minimum absolute atomic E-state index is 0.0134. The average molecular weight is 400 g/mol. The van der Waals surface area contributed by atoms with Crippen molar-refractivity contribution in [2.24, 2.45) is 5.10 Å². The summed E-state index contributed by atoms with van der Waals surface area (Å²) in [4.78, 5) is 20.4. The van der Waals surface area contributed by atoms with Gasteiger partial charge in [-0.2, -0.15) is 18.3 Å². The summed E-state index contributed by atoms with van der Waals surface area (Å²) < 4.78 is 43.3. The molecule has 0 aliphatic heterocycles. The predicted octanol–water partition coefficient (Wildman–Crippen LogP) is 3.93. The molecule has 3 aromatic rings. The van der Waals surface area contributed by atoms with E-state index >= 15 is 0 Å². The van der Waals surface area contributed by atoms with E-state index in [0.29, 0.717) is 11.4 Å². The number of halogens is 3. The second-order valence-electron chi connectivity index (χ2n) is 5.84. The van der Waals surface area contributed by atoms with Gasteiger partial charge < -0.3 is 4.74 Å². The first-order valence-electron chi connectivity index (χ1n) is 8.34. The third-order valence-corrected chi connectivity index (χ3v) is 3.85. The van der Waals surface area contributed by atoms with E-state index in [4.69, 9.17) is 4.74 Å². The van der Waals surface area contributed by atoms with Crippen LogP contribution < -0.4 is 10.2 Å². The van der Waals surface area contributed by atoms with Crippen LogP contribution in [0.4, 0.5) is 13.2 Å². The standard InChI is InChI=1S/C20H15F3N4O2/c1-29-16-7-5-14(6-8-16)17-11-24-12-18(26-17)19(28)27-25-10-13-3-2-4-15(9-13)20(21,22)23/h2-12H,1H3,(H,27,28). The van der Waals surface area contributed by atoms with Gasteiger partial charge in [-0.15, -0.1) is 0 Å². The molecule has 3 rings (SSSR count). The molecule has 9 heteroatoms. The van der Waals surface area contributed by atoms with Crippen LogP contribution >= 0.6 is 0 Å². The number of rotatable bonds is 5. The number of alkyl halides is 3. The first kappa shape index (κ1) is 20.0. The molecule has 0 atom stereocenters. The molecule has 29 heavy (non-hydrogen) atoms. The minimum Gasteiger partial charge on any atom is -0.497 e. The molecule has 0 saturated carbocycles. The molecule has 148 valence electrons. The minimum atomic E-state index is -4.45. The molecule has 0 unspecified atom stereocenters. The third-order valence-electron chi connectivity index (χ3n) is 3.85. The molecule has 0 radical (unpaired) electrons. The first-order valence-corrected chi connectivity index (χ1v) is 8.34. The summed E-state index contributed by atoms with van der Waals surface area (Å²) in [6.45, 7) is 0. The smallest absolute Gasteiger partial charge is 0.416 e. The van der Waals surface area contributed by atoms with Gasteiger partial charge in [-0.05, 0) is 42.0 Å². The van der Waals surface area contributed by atoms with Gasteiger partial charge in [-0.3, -0.25) is 9.78 Å². The quantitative estimate of drug-likeness (QED) is 0.520. The number of amides is 1. The van der Waals surface area contributed by atoms with E-state index in [1.807, 2.05) is 0 Å². The van der Waals surface area contributed by atoms with Crippen LogP contribution in [-0.4, -0.2) is 29.2 Å². The lowest BCUT2D eigenvalue weighted by Crippen LogP contribution is -2.19. The summed E-state index contributed by atoms with van der Waals surface area (Å²) in [5.41, 5.74) is 2.85. The van der Waals surface area contributed by atoms with Gasteiger partial charge in [0.15, 0.2) is 0 Å². The number of nitrogens with one attached hydrogen (secondary N) is 1. The maximum atomic E-state index is 12.7. The van der Waals surface area contributed by atoms with Crippen molar-refractivity contribution < 1.29 is 22.7 Å². The molecular formula is C20H15F3N4O2. The Morgan fingerprint density at radius 3 is 2.59 bits per heavy atom. The number of carbonyl (C=O) groups is 1. The Bertz CT molecular complexity index is 1030. The Labute approximate surface area is 164 Å². The Morgan fingerprint density at radius 1 is 1.14 bits per heavy atom. The largest absolute Gasteiger partial charge is 0.497 e. The van der Waals surface area contributed by atoms with Gasteiger partial charge in [0.05, 0.1) is 37.0 Å². The van der Waals surface area contributed by atoms with Gasteiger partial charge in [-0.1, -0.05) is 12.1 Å². The Balaban J connectivity index is 1.70. The second kappa shape index (κ2) is 8.51. The third kappa shape index (κ3) is 5.16. The van der Waals surface area contributed by atoms with Crippen LogP contribution in [0.25, 0.3) is 11.3 Å². The molecule has 0 bridgehead atoms. The maximum Gasteiger partial charge on any atom is 0.416 e. The van der Waals surface area contributed by atoms with Crippen molar-refractivity contribution in [2.45, 2.75) is 6.18 Å². The van der Waals surface area contributed by atoms with Crippen LogP contribution in [0.3, 0.4) is 0 Å². The maximum absolute atomic E-state index is 12.7. The van der Waals surface area contributed by atoms with E-state index in [1.54, 1.807) is 31.4 Å². The molecule has 1 aromatic heterocycles. The van der Waals surface area contributed by atoms with Crippen molar-refractivity contribution in [3.8, 4) is 17.0 Å². The zero-order valence-corrected chi connectivity index (χ0v) is 15.1. The van der Waals surface area contributed by atoms with Crippen molar-refractivity contribution in [1.82, 2.24) is 15.4 Å². The van der Waals surface area contributed by atoms with Crippen molar-refractivity contribution in [1.29, 1.82) is 0 Å². The van der Waals surface area contributed by atoms with Crippen LogP contribution in [0.1, 0.15) is 21.6 Å². The first-order chi connectivity index (χ1) is 13.9. The Kier molecular flexibility index (Phi) is 5.87. The lowest BCUT2D eigenvalue weighted by molar-refractivity contribution is -0.137. The lowest BCUT2D eigenvalue weighted by atomic mass is 10.1. The fraction of sp³-hybridized carbons (Fsp3) is 0.100.